The number of rotatable bonds is 7. The number of hydrogen-bond acceptors (Lipinski definition) is 6. The minimum absolute atomic E-state index is 0.0202. The molecule has 0 spiro atoms. The van der Waals surface area contributed by atoms with Crippen molar-refractivity contribution in [2.24, 2.45) is 0 Å². The Morgan fingerprint density at radius 1 is 1.02 bits per heavy atom. The van der Waals surface area contributed by atoms with Gasteiger partial charge in [0.05, 0.1) is 30.3 Å². The Bertz CT molecular complexity index is 1230. The first-order chi connectivity index (χ1) is 18.9. The van der Waals surface area contributed by atoms with Crippen molar-refractivity contribution in [2.45, 2.75) is 75.1 Å². The van der Waals surface area contributed by atoms with Crippen LogP contribution in [-0.4, -0.2) is 63.2 Å². The minimum atomic E-state index is -4.86. The first-order valence-corrected chi connectivity index (χ1v) is 12.9. The number of hydrogen-bond donors (Lipinski definition) is 1. The zero-order valence-corrected chi connectivity index (χ0v) is 21.2. The lowest BCUT2D eigenvalue weighted by molar-refractivity contribution is -0.157. The lowest BCUT2D eigenvalue weighted by atomic mass is 10.0. The van der Waals surface area contributed by atoms with Crippen LogP contribution >= 0.6 is 0 Å². The van der Waals surface area contributed by atoms with Gasteiger partial charge in [0, 0.05) is 18.5 Å². The Kier molecular flexibility index (Phi) is 7.64. The molecule has 3 fully saturated rings. The van der Waals surface area contributed by atoms with Crippen LogP contribution in [0.1, 0.15) is 67.3 Å². The fourth-order valence-electron chi connectivity index (χ4n) is 5.17. The van der Waals surface area contributed by atoms with E-state index in [1.54, 1.807) is 12.4 Å². The molecule has 0 radical (unpaired) electrons. The summed E-state index contributed by atoms with van der Waals surface area (Å²) in [7, 11) is 0. The predicted octanol–water partition coefficient (Wildman–Crippen LogP) is 4.54. The number of halogens is 6. The van der Waals surface area contributed by atoms with E-state index in [2.05, 4.69) is 9.97 Å². The maximum absolute atomic E-state index is 13.6. The molecule has 3 atom stereocenters. The maximum atomic E-state index is 13.6. The molecule has 2 saturated heterocycles. The van der Waals surface area contributed by atoms with E-state index in [-0.39, 0.29) is 24.8 Å². The van der Waals surface area contributed by atoms with Crippen molar-refractivity contribution in [3.63, 3.8) is 0 Å². The Balaban J connectivity index is 1.33. The van der Waals surface area contributed by atoms with E-state index in [1.165, 1.54) is 11.0 Å². The van der Waals surface area contributed by atoms with Crippen LogP contribution in [0.2, 0.25) is 0 Å². The summed E-state index contributed by atoms with van der Waals surface area (Å²) < 4.78 is 84.6. The highest BCUT2D eigenvalue weighted by Gasteiger charge is 2.42. The molecule has 1 aromatic heterocycles. The van der Waals surface area contributed by atoms with Crippen molar-refractivity contribution < 1.29 is 40.7 Å². The maximum Gasteiger partial charge on any atom is 0.416 e. The van der Waals surface area contributed by atoms with Crippen LogP contribution in [0, 0.1) is 0 Å². The second kappa shape index (κ2) is 10.9. The number of amides is 2. The van der Waals surface area contributed by atoms with Gasteiger partial charge in [0.15, 0.2) is 6.23 Å². The van der Waals surface area contributed by atoms with E-state index in [4.69, 9.17) is 4.74 Å². The molecule has 3 aliphatic rings. The highest BCUT2D eigenvalue weighted by atomic mass is 19.4. The molecule has 216 valence electrons. The second-order valence-corrected chi connectivity index (χ2v) is 10.3. The molecular formula is C26H27F6N5O3. The van der Waals surface area contributed by atoms with Gasteiger partial charge in [-0.05, 0) is 49.8 Å². The van der Waals surface area contributed by atoms with Gasteiger partial charge in [-0.3, -0.25) is 14.6 Å². The summed E-state index contributed by atoms with van der Waals surface area (Å²) >= 11 is 0. The van der Waals surface area contributed by atoms with E-state index < -0.39 is 48.4 Å². The van der Waals surface area contributed by atoms with Gasteiger partial charge in [-0.1, -0.05) is 12.1 Å². The summed E-state index contributed by atoms with van der Waals surface area (Å²) in [6.07, 6.45) is -4.62. The number of carbonyl (C=O) groups is 2. The Morgan fingerprint density at radius 3 is 2.45 bits per heavy atom. The molecular weight excluding hydrogens is 544 g/mol. The van der Waals surface area contributed by atoms with Gasteiger partial charge in [0.25, 0.3) is 5.91 Å². The van der Waals surface area contributed by atoms with Gasteiger partial charge < -0.3 is 15.0 Å². The normalized spacial score (nSPS) is 22.5. The van der Waals surface area contributed by atoms with Crippen LogP contribution in [-0.2, 0) is 15.8 Å². The smallest absolute Gasteiger partial charge is 0.416 e. The quantitative estimate of drug-likeness (QED) is 0.491. The third kappa shape index (κ3) is 6.65. The number of alkyl halides is 6. The van der Waals surface area contributed by atoms with Crippen molar-refractivity contribution in [3.8, 4) is 5.88 Å². The summed E-state index contributed by atoms with van der Waals surface area (Å²) in [5, 5.41) is 2.01. The molecule has 2 aliphatic heterocycles. The van der Waals surface area contributed by atoms with E-state index in [0.717, 1.165) is 37.1 Å². The zero-order chi connectivity index (χ0) is 28.7. The van der Waals surface area contributed by atoms with Crippen LogP contribution in [0.4, 0.5) is 26.3 Å². The molecule has 5 rings (SSSR count). The van der Waals surface area contributed by atoms with Crippen molar-refractivity contribution >= 4 is 11.8 Å². The highest BCUT2D eigenvalue weighted by Crippen LogP contribution is 2.39. The summed E-state index contributed by atoms with van der Waals surface area (Å²) in [6.45, 7) is 0.236. The Hall–Kier alpha value is -3.42. The van der Waals surface area contributed by atoms with E-state index in [1.807, 2.05) is 10.2 Å². The number of ether oxygens (including phenoxy) is 1. The van der Waals surface area contributed by atoms with Gasteiger partial charge in [-0.15, -0.1) is 0 Å². The van der Waals surface area contributed by atoms with E-state index >= 15 is 0 Å². The molecule has 1 aromatic carbocycles. The SMILES string of the molecule is O=C(CC(F)(F)F)NC(C(=O)N1CC[C@@H]2CC[C@H](Oc3cnc(C4CC4)cn3)N2C1)c1cccc(C(F)(F)F)c1. The van der Waals surface area contributed by atoms with Gasteiger partial charge in [-0.2, -0.15) is 26.3 Å². The Labute approximate surface area is 225 Å². The second-order valence-electron chi connectivity index (χ2n) is 10.3. The number of fused-ring (bicyclic) bond motifs is 1. The molecule has 3 heterocycles. The predicted molar refractivity (Wildman–Crippen MR) is 127 cm³/mol. The molecule has 0 bridgehead atoms. The largest absolute Gasteiger partial charge is 0.457 e. The van der Waals surface area contributed by atoms with Crippen LogP contribution in [0.5, 0.6) is 5.88 Å². The molecule has 2 amide bonds. The lowest BCUT2D eigenvalue weighted by Gasteiger charge is -2.41. The van der Waals surface area contributed by atoms with Crippen LogP contribution in [0.3, 0.4) is 0 Å². The molecule has 2 aromatic rings. The number of nitrogens with one attached hydrogen (secondary N) is 1. The molecule has 1 N–H and O–H groups in total. The average Bonchev–Trinajstić information content (AvgIpc) is 3.67. The summed E-state index contributed by atoms with van der Waals surface area (Å²) in [4.78, 5) is 37.7. The summed E-state index contributed by atoms with van der Waals surface area (Å²) in [5.74, 6) is -1.58. The highest BCUT2D eigenvalue weighted by molar-refractivity contribution is 5.89. The first kappa shape index (κ1) is 28.1. The molecule has 1 saturated carbocycles. The number of carbonyl (C=O) groups excluding carboxylic acids is 2. The summed E-state index contributed by atoms with van der Waals surface area (Å²) in [5.41, 5.74) is -0.453. The minimum Gasteiger partial charge on any atom is -0.457 e. The third-order valence-electron chi connectivity index (χ3n) is 7.32. The summed E-state index contributed by atoms with van der Waals surface area (Å²) in [6, 6.07) is 1.98. The number of nitrogens with zero attached hydrogens (tertiary/aromatic N) is 4. The van der Waals surface area contributed by atoms with Crippen LogP contribution in [0.25, 0.3) is 0 Å². The van der Waals surface area contributed by atoms with Crippen molar-refractivity contribution in [1.29, 1.82) is 0 Å². The molecule has 1 unspecified atom stereocenters. The molecule has 8 nitrogen and oxygen atoms in total. The van der Waals surface area contributed by atoms with Gasteiger partial charge in [-0.25, -0.2) is 9.88 Å². The van der Waals surface area contributed by atoms with Gasteiger partial charge >= 0.3 is 12.4 Å². The van der Waals surface area contributed by atoms with Crippen LogP contribution in [0.15, 0.2) is 36.7 Å². The number of benzene rings is 1. The van der Waals surface area contributed by atoms with E-state index in [9.17, 15) is 35.9 Å². The topological polar surface area (TPSA) is 87.7 Å². The molecule has 1 aliphatic carbocycles. The average molecular weight is 572 g/mol. The third-order valence-corrected chi connectivity index (χ3v) is 7.32. The van der Waals surface area contributed by atoms with Gasteiger partial charge in [0.2, 0.25) is 11.8 Å². The fraction of sp³-hybridized carbons (Fsp3) is 0.538. The number of aromatic nitrogens is 2. The lowest BCUT2D eigenvalue weighted by Crippen LogP contribution is -2.55. The van der Waals surface area contributed by atoms with Crippen molar-refractivity contribution in [1.82, 2.24) is 25.1 Å². The fourth-order valence-corrected chi connectivity index (χ4v) is 5.17. The van der Waals surface area contributed by atoms with E-state index in [0.29, 0.717) is 30.7 Å². The monoisotopic (exact) mass is 571 g/mol. The van der Waals surface area contributed by atoms with Crippen LogP contribution < -0.4 is 10.1 Å². The standard InChI is InChI=1S/C26H27F6N5O3/c27-25(28,29)11-20(38)35-23(16-2-1-3-17(10-16)26(30,31)32)24(39)36-9-8-18-6-7-22(37(18)14-36)40-21-13-33-19(12-34-21)15-4-5-15/h1-3,10,12-13,15,18,22-23H,4-9,11,14H2,(H,35,38)/t18-,22-,23?/m0/s1. The zero-order valence-electron chi connectivity index (χ0n) is 21.2. The first-order valence-electron chi connectivity index (χ1n) is 12.9. The Morgan fingerprint density at radius 2 is 1.80 bits per heavy atom. The molecule has 14 heteroatoms. The molecule has 40 heavy (non-hydrogen) atoms. The van der Waals surface area contributed by atoms with Crippen molar-refractivity contribution in [2.75, 3.05) is 13.2 Å². The van der Waals surface area contributed by atoms with Gasteiger partial charge in [0.1, 0.15) is 12.5 Å². The van der Waals surface area contributed by atoms with Crippen molar-refractivity contribution in [3.05, 3.63) is 53.5 Å².